The molecule has 6 nitrogen and oxygen atoms in total. The molecule has 144 valence electrons. The average molecular weight is 455 g/mol. The zero-order chi connectivity index (χ0) is 20.3. The molecule has 1 fully saturated rings. The van der Waals surface area contributed by atoms with Gasteiger partial charge in [-0.2, -0.15) is 5.01 Å². The second-order valence-electron chi connectivity index (χ2n) is 5.47. The van der Waals surface area contributed by atoms with E-state index >= 15 is 0 Å². The molecule has 0 aromatic heterocycles. The number of hydrogen-bond acceptors (Lipinski definition) is 6. The van der Waals surface area contributed by atoms with Gasteiger partial charge in [-0.25, -0.2) is 0 Å². The van der Waals surface area contributed by atoms with E-state index in [2.05, 4.69) is 5.43 Å². The molecule has 2 aromatic carbocycles. The quantitative estimate of drug-likeness (QED) is 0.524. The number of carbonyl (C=O) groups excluding carboxylic acids is 2. The van der Waals surface area contributed by atoms with Gasteiger partial charge in [-0.3, -0.25) is 15.0 Å². The molecule has 2 amide bonds. The molecule has 10 heteroatoms. The van der Waals surface area contributed by atoms with Gasteiger partial charge in [-0.15, -0.1) is 0 Å². The van der Waals surface area contributed by atoms with Gasteiger partial charge in [-0.1, -0.05) is 53.2 Å². The van der Waals surface area contributed by atoms with Crippen LogP contribution < -0.4 is 10.2 Å². The van der Waals surface area contributed by atoms with Crippen LogP contribution in [0.3, 0.4) is 0 Å². The molecule has 0 spiro atoms. The maximum atomic E-state index is 12.5. The summed E-state index contributed by atoms with van der Waals surface area (Å²) in [5, 5.41) is 11.5. The van der Waals surface area contributed by atoms with Crippen LogP contribution in [0, 0.1) is 0 Å². The van der Waals surface area contributed by atoms with Crippen LogP contribution in [0.1, 0.15) is 5.56 Å². The Hall–Kier alpha value is -2.26. The SMILES string of the molecule is O=C(COc1ccc(Cl)cc1Cl)NN1C(=O)/C(=C/c2ccccc2O)SC1=S. The molecule has 1 saturated heterocycles. The van der Waals surface area contributed by atoms with E-state index in [9.17, 15) is 14.7 Å². The number of thioether (sulfide) groups is 1. The van der Waals surface area contributed by atoms with Gasteiger partial charge >= 0.3 is 0 Å². The van der Waals surface area contributed by atoms with Gasteiger partial charge < -0.3 is 9.84 Å². The lowest BCUT2D eigenvalue weighted by atomic mass is 10.2. The monoisotopic (exact) mass is 454 g/mol. The van der Waals surface area contributed by atoms with Gasteiger partial charge in [0.15, 0.2) is 10.9 Å². The minimum absolute atomic E-state index is 0.0325. The third-order valence-electron chi connectivity index (χ3n) is 3.51. The summed E-state index contributed by atoms with van der Waals surface area (Å²) in [6.45, 7) is -0.378. The highest BCUT2D eigenvalue weighted by Gasteiger charge is 2.33. The summed E-state index contributed by atoms with van der Waals surface area (Å²) in [5.41, 5.74) is 2.86. The highest BCUT2D eigenvalue weighted by Crippen LogP contribution is 2.33. The molecule has 3 rings (SSSR count). The van der Waals surface area contributed by atoms with Crippen molar-refractivity contribution in [1.82, 2.24) is 10.4 Å². The van der Waals surface area contributed by atoms with Crippen molar-refractivity contribution in [3.8, 4) is 11.5 Å². The molecule has 0 aliphatic carbocycles. The first-order valence-electron chi connectivity index (χ1n) is 7.78. The number of aromatic hydroxyl groups is 1. The summed E-state index contributed by atoms with van der Waals surface area (Å²) in [7, 11) is 0. The van der Waals surface area contributed by atoms with Crippen molar-refractivity contribution in [1.29, 1.82) is 0 Å². The van der Waals surface area contributed by atoms with Crippen LogP contribution in [-0.2, 0) is 9.59 Å². The topological polar surface area (TPSA) is 78.9 Å². The predicted octanol–water partition coefficient (Wildman–Crippen LogP) is 4.01. The third-order valence-corrected chi connectivity index (χ3v) is 5.34. The maximum absolute atomic E-state index is 12.5. The molecule has 1 heterocycles. The lowest BCUT2D eigenvalue weighted by Gasteiger charge is -2.16. The van der Waals surface area contributed by atoms with E-state index in [-0.39, 0.29) is 32.4 Å². The lowest BCUT2D eigenvalue weighted by Crippen LogP contribution is -2.46. The van der Waals surface area contributed by atoms with Crippen LogP contribution in [0.15, 0.2) is 47.4 Å². The maximum Gasteiger partial charge on any atom is 0.285 e. The number of nitrogens with one attached hydrogen (secondary N) is 1. The number of thiocarbonyl (C=S) groups is 1. The van der Waals surface area contributed by atoms with Crippen molar-refractivity contribution in [3.63, 3.8) is 0 Å². The van der Waals surface area contributed by atoms with Crippen molar-refractivity contribution in [2.75, 3.05) is 6.61 Å². The number of carbonyl (C=O) groups is 2. The molecule has 2 N–H and O–H groups in total. The minimum Gasteiger partial charge on any atom is -0.507 e. The minimum atomic E-state index is -0.592. The normalized spacial score (nSPS) is 15.2. The largest absolute Gasteiger partial charge is 0.507 e. The second-order valence-corrected chi connectivity index (χ2v) is 7.99. The molecule has 1 aliphatic rings. The van der Waals surface area contributed by atoms with Gasteiger partial charge in [-0.05, 0) is 42.6 Å². The Morgan fingerprint density at radius 2 is 2.04 bits per heavy atom. The van der Waals surface area contributed by atoms with Gasteiger partial charge in [0.25, 0.3) is 11.8 Å². The van der Waals surface area contributed by atoms with E-state index in [1.807, 2.05) is 0 Å². The summed E-state index contributed by atoms with van der Waals surface area (Å²) >= 11 is 17.9. The molecule has 0 unspecified atom stereocenters. The highest BCUT2D eigenvalue weighted by molar-refractivity contribution is 8.26. The van der Waals surface area contributed by atoms with Crippen molar-refractivity contribution in [2.24, 2.45) is 0 Å². The van der Waals surface area contributed by atoms with Crippen LogP contribution in [0.5, 0.6) is 11.5 Å². The van der Waals surface area contributed by atoms with E-state index in [0.29, 0.717) is 10.6 Å². The smallest absolute Gasteiger partial charge is 0.285 e. The first kappa shape index (κ1) is 20.5. The van der Waals surface area contributed by atoms with Crippen LogP contribution in [-0.4, -0.2) is 32.9 Å². The Morgan fingerprint density at radius 3 is 2.75 bits per heavy atom. The summed E-state index contributed by atoms with van der Waals surface area (Å²) in [4.78, 5) is 24.9. The number of ether oxygens (including phenoxy) is 1. The fraction of sp³-hybridized carbons (Fsp3) is 0.0556. The first-order chi connectivity index (χ1) is 13.3. The number of para-hydroxylation sites is 1. The van der Waals surface area contributed by atoms with E-state index < -0.39 is 11.8 Å². The molecule has 0 saturated carbocycles. The van der Waals surface area contributed by atoms with Crippen molar-refractivity contribution < 1.29 is 19.4 Å². The third kappa shape index (κ3) is 4.77. The van der Waals surface area contributed by atoms with Crippen LogP contribution >= 0.6 is 47.2 Å². The number of hydrazine groups is 1. The highest BCUT2D eigenvalue weighted by atomic mass is 35.5. The van der Waals surface area contributed by atoms with Crippen LogP contribution in [0.25, 0.3) is 6.08 Å². The molecule has 0 atom stereocenters. The lowest BCUT2D eigenvalue weighted by molar-refractivity contribution is -0.134. The standard InChI is InChI=1S/C18H12Cl2N2O4S2/c19-11-5-6-14(12(20)8-11)26-9-16(24)21-22-17(25)15(28-18(22)27)7-10-3-1-2-4-13(10)23/h1-8,23H,9H2,(H,21,24)/b15-7-. The first-order valence-corrected chi connectivity index (χ1v) is 9.76. The number of nitrogens with zero attached hydrogens (tertiary/aromatic N) is 1. The van der Waals surface area contributed by atoms with E-state index in [1.165, 1.54) is 24.3 Å². The second kappa shape index (κ2) is 8.83. The Balaban J connectivity index is 1.64. The number of benzene rings is 2. The number of amides is 2. The van der Waals surface area contributed by atoms with Gasteiger partial charge in [0, 0.05) is 10.6 Å². The Kier molecular flexibility index (Phi) is 6.46. The number of hydrogen-bond donors (Lipinski definition) is 2. The molecule has 28 heavy (non-hydrogen) atoms. The average Bonchev–Trinajstić information content (AvgIpc) is 2.90. The summed E-state index contributed by atoms with van der Waals surface area (Å²) < 4.78 is 5.49. The Bertz CT molecular complexity index is 997. The molecule has 1 aliphatic heterocycles. The number of rotatable bonds is 5. The zero-order valence-electron chi connectivity index (χ0n) is 14.0. The predicted molar refractivity (Wildman–Crippen MR) is 113 cm³/mol. The number of halogens is 2. The van der Waals surface area contributed by atoms with E-state index in [0.717, 1.165) is 16.8 Å². The fourth-order valence-corrected chi connectivity index (χ4v) is 3.84. The summed E-state index contributed by atoms with van der Waals surface area (Å²) in [6.07, 6.45) is 1.50. The summed E-state index contributed by atoms with van der Waals surface area (Å²) in [6, 6.07) is 11.2. The number of phenolic OH excluding ortho intramolecular Hbond substituents is 1. The van der Waals surface area contributed by atoms with Gasteiger partial charge in [0.05, 0.1) is 9.93 Å². The van der Waals surface area contributed by atoms with Gasteiger partial charge in [0.1, 0.15) is 11.5 Å². The van der Waals surface area contributed by atoms with E-state index in [1.54, 1.807) is 24.3 Å². The van der Waals surface area contributed by atoms with Crippen LogP contribution in [0.4, 0.5) is 0 Å². The molecule has 2 aromatic rings. The van der Waals surface area contributed by atoms with Crippen molar-refractivity contribution >= 4 is 69.4 Å². The summed E-state index contributed by atoms with van der Waals surface area (Å²) in [5.74, 6) is -0.779. The van der Waals surface area contributed by atoms with Crippen molar-refractivity contribution in [3.05, 3.63) is 63.0 Å². The molecule has 0 bridgehead atoms. The number of phenols is 1. The van der Waals surface area contributed by atoms with Gasteiger partial charge in [0.2, 0.25) is 0 Å². The molecular weight excluding hydrogens is 443 g/mol. The Morgan fingerprint density at radius 1 is 1.29 bits per heavy atom. The van der Waals surface area contributed by atoms with E-state index in [4.69, 9.17) is 40.2 Å². The Labute approximate surface area is 180 Å². The zero-order valence-corrected chi connectivity index (χ0v) is 17.2. The van der Waals surface area contributed by atoms with Crippen LogP contribution in [0.2, 0.25) is 10.0 Å². The molecular formula is C18H12Cl2N2O4S2. The molecule has 0 radical (unpaired) electrons. The fourth-order valence-electron chi connectivity index (χ4n) is 2.21. The van der Waals surface area contributed by atoms with Crippen molar-refractivity contribution in [2.45, 2.75) is 0 Å².